The molecule has 1 aromatic carbocycles. The first-order chi connectivity index (χ1) is 10.1. The molecular weight excluding hydrogens is 288 g/mol. The van der Waals surface area contributed by atoms with Crippen molar-refractivity contribution < 1.29 is 13.5 Å². The highest BCUT2D eigenvalue weighted by atomic mass is 32.2. The Labute approximate surface area is 127 Å². The van der Waals surface area contributed by atoms with E-state index in [0.29, 0.717) is 13.0 Å². The number of benzene rings is 1. The highest BCUT2D eigenvalue weighted by molar-refractivity contribution is 7.89. The van der Waals surface area contributed by atoms with Crippen molar-refractivity contribution >= 4 is 10.0 Å². The molecule has 0 radical (unpaired) electrons. The largest absolute Gasteiger partial charge is 0.395 e. The number of aliphatic hydroxyl groups excluding tert-OH is 1. The summed E-state index contributed by atoms with van der Waals surface area (Å²) in [5, 5.41) is 12.4. The SMILES string of the molecule is O=S(=O)(CCc1ccccc1)N(CCO)CC1CCCN1. The average Bonchev–Trinajstić information content (AvgIpc) is 2.99. The molecule has 1 atom stereocenters. The second kappa shape index (κ2) is 7.89. The standard InChI is InChI=1S/C15H24N2O3S/c18-11-10-17(13-15-7-4-9-16-15)21(19,20)12-8-14-5-2-1-3-6-14/h1-3,5-6,15-16,18H,4,7-13H2. The van der Waals surface area contributed by atoms with Crippen molar-refractivity contribution in [2.45, 2.75) is 25.3 Å². The molecule has 1 heterocycles. The smallest absolute Gasteiger partial charge is 0.214 e. The Morgan fingerprint density at radius 3 is 2.67 bits per heavy atom. The molecule has 1 aliphatic rings. The normalized spacial score (nSPS) is 19.2. The van der Waals surface area contributed by atoms with E-state index >= 15 is 0 Å². The van der Waals surface area contributed by atoms with Crippen molar-refractivity contribution in [2.75, 3.05) is 32.0 Å². The number of hydrogen-bond donors (Lipinski definition) is 2. The summed E-state index contributed by atoms with van der Waals surface area (Å²) in [4.78, 5) is 0. The lowest BCUT2D eigenvalue weighted by atomic mass is 10.2. The molecule has 0 aromatic heterocycles. The summed E-state index contributed by atoms with van der Waals surface area (Å²) >= 11 is 0. The first kappa shape index (κ1) is 16.4. The fourth-order valence-corrected chi connectivity index (χ4v) is 4.15. The Kier molecular flexibility index (Phi) is 6.17. The third-order valence-corrected chi connectivity index (χ3v) is 5.66. The van der Waals surface area contributed by atoms with E-state index in [1.165, 1.54) is 4.31 Å². The Hall–Kier alpha value is -0.950. The molecule has 1 aromatic rings. The third kappa shape index (κ3) is 5.07. The summed E-state index contributed by atoms with van der Waals surface area (Å²) < 4.78 is 26.4. The van der Waals surface area contributed by atoms with Gasteiger partial charge in [-0.05, 0) is 31.4 Å². The molecule has 0 aliphatic carbocycles. The van der Waals surface area contributed by atoms with Gasteiger partial charge >= 0.3 is 0 Å². The molecule has 2 rings (SSSR count). The van der Waals surface area contributed by atoms with Crippen molar-refractivity contribution in [2.24, 2.45) is 0 Å². The number of aryl methyl sites for hydroxylation is 1. The third-order valence-electron chi connectivity index (χ3n) is 3.82. The number of aliphatic hydroxyl groups is 1. The summed E-state index contributed by atoms with van der Waals surface area (Å²) in [6.07, 6.45) is 2.58. The van der Waals surface area contributed by atoms with Gasteiger partial charge in [-0.2, -0.15) is 4.31 Å². The zero-order valence-electron chi connectivity index (χ0n) is 12.2. The van der Waals surface area contributed by atoms with Crippen LogP contribution < -0.4 is 5.32 Å². The first-order valence-corrected chi connectivity index (χ1v) is 9.09. The molecule has 1 fully saturated rings. The minimum absolute atomic E-state index is 0.0870. The summed E-state index contributed by atoms with van der Waals surface area (Å²) in [5.41, 5.74) is 1.02. The van der Waals surface area contributed by atoms with Crippen molar-refractivity contribution in [3.05, 3.63) is 35.9 Å². The molecule has 0 bridgehead atoms. The van der Waals surface area contributed by atoms with Crippen LogP contribution in [0.1, 0.15) is 18.4 Å². The first-order valence-electron chi connectivity index (χ1n) is 7.48. The van der Waals surface area contributed by atoms with Gasteiger partial charge in [0.15, 0.2) is 0 Å². The lowest BCUT2D eigenvalue weighted by Crippen LogP contribution is -2.43. The van der Waals surface area contributed by atoms with Crippen molar-refractivity contribution in [3.8, 4) is 0 Å². The highest BCUT2D eigenvalue weighted by Crippen LogP contribution is 2.12. The van der Waals surface area contributed by atoms with Crippen LogP contribution in [0.4, 0.5) is 0 Å². The number of hydrogen-bond acceptors (Lipinski definition) is 4. The maximum Gasteiger partial charge on any atom is 0.214 e. The van der Waals surface area contributed by atoms with Gasteiger partial charge in [-0.25, -0.2) is 8.42 Å². The number of sulfonamides is 1. The van der Waals surface area contributed by atoms with Crippen LogP contribution in [0.3, 0.4) is 0 Å². The van der Waals surface area contributed by atoms with Gasteiger partial charge in [0.25, 0.3) is 0 Å². The zero-order valence-corrected chi connectivity index (χ0v) is 13.1. The lowest BCUT2D eigenvalue weighted by Gasteiger charge is -2.24. The number of nitrogens with one attached hydrogen (secondary N) is 1. The van der Waals surface area contributed by atoms with E-state index in [4.69, 9.17) is 5.11 Å². The van der Waals surface area contributed by atoms with E-state index < -0.39 is 10.0 Å². The van der Waals surface area contributed by atoms with Gasteiger partial charge in [0.2, 0.25) is 10.0 Å². The molecule has 1 aliphatic heterocycles. The Morgan fingerprint density at radius 1 is 1.29 bits per heavy atom. The average molecular weight is 312 g/mol. The molecular formula is C15H24N2O3S. The van der Waals surface area contributed by atoms with Gasteiger partial charge in [-0.15, -0.1) is 0 Å². The predicted octanol–water partition coefficient (Wildman–Crippen LogP) is 0.605. The van der Waals surface area contributed by atoms with Crippen LogP contribution in [-0.4, -0.2) is 55.9 Å². The minimum Gasteiger partial charge on any atom is -0.395 e. The van der Waals surface area contributed by atoms with Crippen LogP contribution in [0.15, 0.2) is 30.3 Å². The van der Waals surface area contributed by atoms with E-state index in [1.807, 2.05) is 30.3 Å². The van der Waals surface area contributed by atoms with Crippen LogP contribution in [0.25, 0.3) is 0 Å². The molecule has 118 valence electrons. The van der Waals surface area contributed by atoms with Crippen molar-refractivity contribution in [1.82, 2.24) is 9.62 Å². The topological polar surface area (TPSA) is 69.6 Å². The van der Waals surface area contributed by atoms with Crippen LogP contribution >= 0.6 is 0 Å². The van der Waals surface area contributed by atoms with Crippen LogP contribution in [0.2, 0.25) is 0 Å². The number of rotatable bonds is 8. The van der Waals surface area contributed by atoms with E-state index in [-0.39, 0.29) is 24.9 Å². The molecule has 1 unspecified atom stereocenters. The molecule has 1 saturated heterocycles. The Morgan fingerprint density at radius 2 is 2.05 bits per heavy atom. The maximum absolute atomic E-state index is 12.5. The molecule has 0 amide bonds. The zero-order chi connectivity index (χ0) is 15.1. The van der Waals surface area contributed by atoms with E-state index in [1.54, 1.807) is 0 Å². The Balaban J connectivity index is 1.95. The number of nitrogens with zero attached hydrogens (tertiary/aromatic N) is 1. The summed E-state index contributed by atoms with van der Waals surface area (Å²) in [7, 11) is -3.34. The van der Waals surface area contributed by atoms with Crippen LogP contribution in [-0.2, 0) is 16.4 Å². The van der Waals surface area contributed by atoms with Crippen LogP contribution in [0, 0.1) is 0 Å². The van der Waals surface area contributed by atoms with Gasteiger partial charge in [0, 0.05) is 19.1 Å². The maximum atomic E-state index is 12.5. The quantitative estimate of drug-likeness (QED) is 0.738. The summed E-state index contributed by atoms with van der Waals surface area (Å²) in [5.74, 6) is 0.0870. The van der Waals surface area contributed by atoms with Gasteiger partial charge in [-0.3, -0.25) is 0 Å². The van der Waals surface area contributed by atoms with Gasteiger partial charge in [0.05, 0.1) is 12.4 Å². The molecule has 21 heavy (non-hydrogen) atoms. The fraction of sp³-hybridized carbons (Fsp3) is 0.600. The van der Waals surface area contributed by atoms with Gasteiger partial charge in [0.1, 0.15) is 0 Å². The molecule has 2 N–H and O–H groups in total. The van der Waals surface area contributed by atoms with E-state index in [9.17, 15) is 8.42 Å². The fourth-order valence-electron chi connectivity index (χ4n) is 2.63. The molecule has 0 saturated carbocycles. The van der Waals surface area contributed by atoms with Gasteiger partial charge < -0.3 is 10.4 Å². The van der Waals surface area contributed by atoms with Crippen molar-refractivity contribution in [3.63, 3.8) is 0 Å². The second-order valence-electron chi connectivity index (χ2n) is 5.43. The highest BCUT2D eigenvalue weighted by Gasteiger charge is 2.26. The van der Waals surface area contributed by atoms with Crippen molar-refractivity contribution in [1.29, 1.82) is 0 Å². The Bertz CT molecular complexity index is 513. The van der Waals surface area contributed by atoms with Gasteiger partial charge in [-0.1, -0.05) is 30.3 Å². The molecule has 5 nitrogen and oxygen atoms in total. The minimum atomic E-state index is -3.34. The second-order valence-corrected chi connectivity index (χ2v) is 7.51. The monoisotopic (exact) mass is 312 g/mol. The predicted molar refractivity (Wildman–Crippen MR) is 83.6 cm³/mol. The summed E-state index contributed by atoms with van der Waals surface area (Å²) in [6, 6.07) is 9.82. The van der Waals surface area contributed by atoms with E-state index in [2.05, 4.69) is 5.32 Å². The molecule has 6 heteroatoms. The van der Waals surface area contributed by atoms with E-state index in [0.717, 1.165) is 24.9 Å². The molecule has 0 spiro atoms. The lowest BCUT2D eigenvalue weighted by molar-refractivity contribution is 0.246. The summed E-state index contributed by atoms with van der Waals surface area (Å²) in [6.45, 7) is 1.44. The van der Waals surface area contributed by atoms with Crippen LogP contribution in [0.5, 0.6) is 0 Å².